The predicted octanol–water partition coefficient (Wildman–Crippen LogP) is 3.49. The molecule has 2 atom stereocenters. The number of nitrogens with two attached hydrogens (primary N) is 1. The molecule has 0 saturated carbocycles. The molecule has 7 heteroatoms. The summed E-state index contributed by atoms with van der Waals surface area (Å²) >= 11 is 0. The van der Waals surface area contributed by atoms with Gasteiger partial charge >= 0.3 is 0 Å². The van der Waals surface area contributed by atoms with E-state index >= 15 is 0 Å². The van der Waals surface area contributed by atoms with E-state index in [1.54, 1.807) is 36.4 Å². The van der Waals surface area contributed by atoms with Crippen LogP contribution in [0.2, 0.25) is 0 Å². The summed E-state index contributed by atoms with van der Waals surface area (Å²) in [5.74, 6) is -1.38. The number of benzene rings is 3. The Morgan fingerprint density at radius 1 is 0.912 bits per heavy atom. The van der Waals surface area contributed by atoms with Gasteiger partial charge in [0.15, 0.2) is 0 Å². The zero-order valence-corrected chi connectivity index (χ0v) is 18.7. The van der Waals surface area contributed by atoms with Crippen molar-refractivity contribution in [3.63, 3.8) is 0 Å². The van der Waals surface area contributed by atoms with Gasteiger partial charge in [-0.05, 0) is 35.2 Å². The molecular weight excluding hydrogens is 436 g/mol. The molecule has 176 valence electrons. The van der Waals surface area contributed by atoms with Gasteiger partial charge in [0.05, 0.1) is 0 Å². The molecule has 4 rings (SSSR count). The highest BCUT2D eigenvalue weighted by atomic mass is 19.1. The maximum atomic E-state index is 14.0. The lowest BCUT2D eigenvalue weighted by Crippen LogP contribution is -2.53. The first-order valence-electron chi connectivity index (χ1n) is 11.3. The van der Waals surface area contributed by atoms with E-state index in [4.69, 9.17) is 5.73 Å². The van der Waals surface area contributed by atoms with Crippen molar-refractivity contribution in [1.29, 1.82) is 0 Å². The van der Waals surface area contributed by atoms with Crippen molar-refractivity contribution in [3.8, 4) is 0 Å². The van der Waals surface area contributed by atoms with Gasteiger partial charge in [-0.2, -0.15) is 0 Å². The number of halogens is 2. The minimum Gasteiger partial charge on any atom is -0.350 e. The molecule has 1 unspecified atom stereocenters. The average Bonchev–Trinajstić information content (AvgIpc) is 2.84. The minimum absolute atomic E-state index is 0.0202. The summed E-state index contributed by atoms with van der Waals surface area (Å²) in [4.78, 5) is 27.9. The summed E-state index contributed by atoms with van der Waals surface area (Å²) in [6, 6.07) is 18.9. The summed E-state index contributed by atoms with van der Waals surface area (Å²) in [7, 11) is 0. The third-order valence-corrected chi connectivity index (χ3v) is 6.16. The Hall–Kier alpha value is -3.58. The van der Waals surface area contributed by atoms with Gasteiger partial charge in [0.25, 0.3) is 0 Å². The van der Waals surface area contributed by atoms with E-state index in [-0.39, 0.29) is 43.6 Å². The van der Waals surface area contributed by atoms with Gasteiger partial charge in [-0.15, -0.1) is 0 Å². The van der Waals surface area contributed by atoms with Crippen molar-refractivity contribution >= 4 is 11.8 Å². The second-order valence-corrected chi connectivity index (χ2v) is 8.58. The Labute approximate surface area is 197 Å². The van der Waals surface area contributed by atoms with Crippen molar-refractivity contribution in [1.82, 2.24) is 10.2 Å². The molecule has 3 aromatic carbocycles. The van der Waals surface area contributed by atoms with Crippen molar-refractivity contribution in [2.45, 2.75) is 44.4 Å². The number of rotatable bonds is 7. The van der Waals surface area contributed by atoms with Crippen LogP contribution in [-0.4, -0.2) is 28.8 Å². The molecule has 0 fully saturated rings. The zero-order valence-electron chi connectivity index (χ0n) is 18.7. The van der Waals surface area contributed by atoms with E-state index < -0.39 is 17.9 Å². The lowest BCUT2D eigenvalue weighted by atomic mass is 9.92. The first-order chi connectivity index (χ1) is 16.4. The first-order valence-corrected chi connectivity index (χ1v) is 11.3. The highest BCUT2D eigenvalue weighted by Crippen LogP contribution is 2.25. The smallest absolute Gasteiger partial charge is 0.243 e. The molecule has 1 heterocycles. The quantitative estimate of drug-likeness (QED) is 0.563. The van der Waals surface area contributed by atoms with E-state index in [0.717, 1.165) is 11.1 Å². The molecule has 0 aliphatic carbocycles. The second kappa shape index (κ2) is 10.6. The average molecular weight is 464 g/mol. The summed E-state index contributed by atoms with van der Waals surface area (Å²) < 4.78 is 28.0. The standard InChI is InChI=1S/C27H27F2N3O2/c28-23-11-5-3-8-19(23)13-22(30)15-26(33)32-17-21-10-2-1-7-18(21)14-25(32)27(34)31-16-20-9-4-6-12-24(20)29/h1-12,22,25H,13-17,30H2,(H,31,34)/t22?,25-/m0/s1. The van der Waals surface area contributed by atoms with Crippen LogP contribution in [0.5, 0.6) is 0 Å². The second-order valence-electron chi connectivity index (χ2n) is 8.58. The van der Waals surface area contributed by atoms with Crippen LogP contribution in [0.1, 0.15) is 28.7 Å². The van der Waals surface area contributed by atoms with Crippen molar-refractivity contribution in [2.75, 3.05) is 0 Å². The van der Waals surface area contributed by atoms with Crippen molar-refractivity contribution in [3.05, 3.63) is 107 Å². The van der Waals surface area contributed by atoms with E-state index in [1.807, 2.05) is 24.3 Å². The fraction of sp³-hybridized carbons (Fsp3) is 0.259. The highest BCUT2D eigenvalue weighted by molar-refractivity contribution is 5.88. The van der Waals surface area contributed by atoms with Crippen LogP contribution in [0.25, 0.3) is 0 Å². The number of hydrogen-bond donors (Lipinski definition) is 2. The molecule has 1 aliphatic heterocycles. The third kappa shape index (κ3) is 5.48. The van der Waals surface area contributed by atoms with Crippen LogP contribution in [0, 0.1) is 11.6 Å². The summed E-state index contributed by atoms with van der Waals surface area (Å²) in [6.07, 6.45) is 0.550. The van der Waals surface area contributed by atoms with E-state index in [2.05, 4.69) is 5.32 Å². The molecule has 2 amide bonds. The van der Waals surface area contributed by atoms with Gasteiger partial charge in [0.1, 0.15) is 17.7 Å². The van der Waals surface area contributed by atoms with Gasteiger partial charge in [-0.25, -0.2) is 8.78 Å². The van der Waals surface area contributed by atoms with E-state index in [1.165, 1.54) is 17.0 Å². The number of amides is 2. The number of carbonyl (C=O) groups excluding carboxylic acids is 2. The molecule has 0 bridgehead atoms. The van der Waals surface area contributed by atoms with Gasteiger partial charge < -0.3 is 16.0 Å². The van der Waals surface area contributed by atoms with Crippen molar-refractivity contribution < 1.29 is 18.4 Å². The van der Waals surface area contributed by atoms with Gasteiger partial charge in [0.2, 0.25) is 11.8 Å². The van der Waals surface area contributed by atoms with Crippen LogP contribution in [0.15, 0.2) is 72.8 Å². The number of fused-ring (bicyclic) bond motifs is 1. The molecule has 5 nitrogen and oxygen atoms in total. The van der Waals surface area contributed by atoms with Crippen LogP contribution in [-0.2, 0) is 35.5 Å². The number of hydrogen-bond acceptors (Lipinski definition) is 3. The van der Waals surface area contributed by atoms with E-state index in [0.29, 0.717) is 17.5 Å². The Balaban J connectivity index is 1.48. The van der Waals surface area contributed by atoms with Crippen LogP contribution < -0.4 is 11.1 Å². The lowest BCUT2D eigenvalue weighted by Gasteiger charge is -2.36. The summed E-state index contributed by atoms with van der Waals surface area (Å²) in [5, 5.41) is 2.77. The summed E-state index contributed by atoms with van der Waals surface area (Å²) in [5.41, 5.74) is 8.98. The van der Waals surface area contributed by atoms with Crippen LogP contribution in [0.4, 0.5) is 8.78 Å². The van der Waals surface area contributed by atoms with Gasteiger partial charge in [-0.1, -0.05) is 60.7 Å². The van der Waals surface area contributed by atoms with E-state index in [9.17, 15) is 18.4 Å². The van der Waals surface area contributed by atoms with Crippen LogP contribution in [0.3, 0.4) is 0 Å². The molecule has 0 radical (unpaired) electrons. The number of nitrogens with zero attached hydrogens (tertiary/aromatic N) is 1. The SMILES string of the molecule is NC(CC(=O)N1Cc2ccccc2C[C@H]1C(=O)NCc1ccccc1F)Cc1ccccc1F. The number of nitrogens with one attached hydrogen (secondary N) is 1. The van der Waals surface area contributed by atoms with Gasteiger partial charge in [-0.3, -0.25) is 9.59 Å². The maximum Gasteiger partial charge on any atom is 0.243 e. The first kappa shape index (κ1) is 23.6. The Morgan fingerprint density at radius 3 is 2.18 bits per heavy atom. The van der Waals surface area contributed by atoms with Crippen LogP contribution >= 0.6 is 0 Å². The fourth-order valence-corrected chi connectivity index (χ4v) is 4.32. The predicted molar refractivity (Wildman–Crippen MR) is 125 cm³/mol. The monoisotopic (exact) mass is 463 g/mol. The Kier molecular flexibility index (Phi) is 7.33. The Morgan fingerprint density at radius 2 is 1.50 bits per heavy atom. The molecule has 3 N–H and O–H groups in total. The Bertz CT molecular complexity index is 1180. The lowest BCUT2D eigenvalue weighted by molar-refractivity contribution is -0.142. The molecule has 0 aromatic heterocycles. The normalized spacial score (nSPS) is 16.0. The van der Waals surface area contributed by atoms with Crippen molar-refractivity contribution in [2.24, 2.45) is 5.73 Å². The summed E-state index contributed by atoms with van der Waals surface area (Å²) in [6.45, 7) is 0.303. The molecule has 3 aromatic rings. The number of carbonyl (C=O) groups is 2. The molecular formula is C27H27F2N3O2. The fourth-order valence-electron chi connectivity index (χ4n) is 4.32. The highest BCUT2D eigenvalue weighted by Gasteiger charge is 2.35. The minimum atomic E-state index is -0.741. The molecule has 34 heavy (non-hydrogen) atoms. The maximum absolute atomic E-state index is 14.0. The molecule has 0 spiro atoms. The molecule has 0 saturated heterocycles. The zero-order chi connectivity index (χ0) is 24.1. The topological polar surface area (TPSA) is 75.4 Å². The van der Waals surface area contributed by atoms with Gasteiger partial charge in [0, 0.05) is 37.5 Å². The molecule has 1 aliphatic rings. The largest absolute Gasteiger partial charge is 0.350 e. The third-order valence-electron chi connectivity index (χ3n) is 6.16.